The zero-order chi connectivity index (χ0) is 26.4. The monoisotopic (exact) mass is 658 g/mol. The first-order valence-corrected chi connectivity index (χ1v) is 12.8. The molecule has 0 spiro atoms. The molecule has 1 aliphatic heterocycles. The molecule has 0 aromatic heterocycles. The summed E-state index contributed by atoms with van der Waals surface area (Å²) in [6.07, 6.45) is 2.56. The molecule has 0 unspecified atom stereocenters. The molecule has 1 saturated heterocycles. The largest absolute Gasteiger partial charge is 1.00 e. The van der Waals surface area contributed by atoms with Gasteiger partial charge in [-0.1, -0.05) is 52.6 Å². The van der Waals surface area contributed by atoms with Crippen molar-refractivity contribution in [2.45, 2.75) is 65.6 Å². The van der Waals surface area contributed by atoms with Gasteiger partial charge in [-0.3, -0.25) is 4.79 Å². The maximum Gasteiger partial charge on any atom is 1.00 e. The molecule has 0 N–H and O–H groups in total. The van der Waals surface area contributed by atoms with Crippen molar-refractivity contribution >= 4 is 54.7 Å². The Kier molecular flexibility index (Phi) is 20.9. The summed E-state index contributed by atoms with van der Waals surface area (Å²) in [6, 6.07) is 14.0. The molecular weight excluding hydrogens is 627 g/mol. The van der Waals surface area contributed by atoms with E-state index in [1.807, 2.05) is 32.9 Å². The van der Waals surface area contributed by atoms with Crippen LogP contribution in [0.2, 0.25) is 0 Å². The van der Waals surface area contributed by atoms with Gasteiger partial charge in [0.2, 0.25) is 0 Å². The molecule has 3 rings (SSSR count). The minimum absolute atomic E-state index is 0. The summed E-state index contributed by atoms with van der Waals surface area (Å²) in [4.78, 5) is 22.0. The van der Waals surface area contributed by atoms with Crippen LogP contribution in [-0.4, -0.2) is 35.6 Å². The minimum atomic E-state index is -0.750. The van der Waals surface area contributed by atoms with Gasteiger partial charge in [-0.05, 0) is 93.7 Å². The number of hydrogen-bond donors (Lipinski definition) is 0. The summed E-state index contributed by atoms with van der Waals surface area (Å²) in [5.74, 6) is -0.287. The van der Waals surface area contributed by atoms with E-state index in [0.29, 0.717) is 11.1 Å². The molecule has 2 aromatic carbocycles. The van der Waals surface area contributed by atoms with E-state index >= 15 is 0 Å². The smallest absolute Gasteiger partial charge is 0.850 e. The summed E-state index contributed by atoms with van der Waals surface area (Å²) < 4.78 is 12.0. The number of halogens is 3. The number of hydrogen-bond acceptors (Lipinski definition) is 5. The van der Waals surface area contributed by atoms with Crippen LogP contribution in [0.15, 0.2) is 57.5 Å². The molecule has 0 atom stereocenters. The average Bonchev–Trinajstić information content (AvgIpc) is 3.27. The van der Waals surface area contributed by atoms with Crippen LogP contribution in [0.1, 0.15) is 75.1 Å². The Balaban J connectivity index is 0. The van der Waals surface area contributed by atoms with Crippen LogP contribution in [0.4, 0.5) is 0 Å². The Morgan fingerprint density at radius 2 is 1.17 bits per heavy atom. The van der Waals surface area contributed by atoms with E-state index in [9.17, 15) is 14.7 Å². The van der Waals surface area contributed by atoms with E-state index in [0.717, 1.165) is 22.2 Å². The summed E-state index contributed by atoms with van der Waals surface area (Å²) in [5, 5.41) is 9.68. The van der Waals surface area contributed by atoms with Crippen LogP contribution in [0.5, 0.6) is 0 Å². The molecule has 2 aromatic rings. The first kappa shape index (κ1) is 37.5. The van der Waals surface area contributed by atoms with Crippen molar-refractivity contribution in [1.82, 2.24) is 0 Å². The fourth-order valence-corrected chi connectivity index (χ4v) is 2.67. The zero-order valence-corrected chi connectivity index (χ0v) is 28.7. The van der Waals surface area contributed by atoms with E-state index in [-0.39, 0.29) is 57.4 Å². The van der Waals surface area contributed by atoms with E-state index in [1.165, 1.54) is 12.8 Å². The summed E-state index contributed by atoms with van der Waals surface area (Å²) in [7, 11) is 0. The molecule has 190 valence electrons. The molecule has 1 fully saturated rings. The molecule has 1 aliphatic rings. The van der Waals surface area contributed by atoms with Gasteiger partial charge < -0.3 is 14.6 Å². The Hall–Kier alpha value is 0.386. The third-order valence-corrected chi connectivity index (χ3v) is 4.65. The maximum absolute atomic E-state index is 11.5. The second-order valence-corrected chi connectivity index (χ2v) is 11.4. The number of carbonyl (C=O) groups excluding carboxylic acids is 2. The van der Waals surface area contributed by atoms with Crippen LogP contribution in [0, 0.1) is 0 Å². The Morgan fingerprint density at radius 1 is 0.829 bits per heavy atom. The quantitative estimate of drug-likeness (QED) is 0.275. The van der Waals surface area contributed by atoms with E-state index in [2.05, 4.69) is 31.9 Å². The van der Waals surface area contributed by atoms with Crippen LogP contribution in [0.3, 0.4) is 0 Å². The first-order chi connectivity index (χ1) is 15.6. The third-order valence-electron chi connectivity index (χ3n) is 3.38. The second kappa shape index (κ2) is 19.5. The fraction of sp³-hybridized carbons (Fsp3) is 0.462. The molecule has 35 heavy (non-hydrogen) atoms. The predicted octanol–water partition coefficient (Wildman–Crippen LogP) is 4.18. The van der Waals surface area contributed by atoms with Gasteiger partial charge in [0.25, 0.3) is 5.24 Å². The van der Waals surface area contributed by atoms with E-state index in [4.69, 9.17) is 21.1 Å². The van der Waals surface area contributed by atoms with E-state index in [1.54, 1.807) is 57.2 Å². The van der Waals surface area contributed by atoms with Gasteiger partial charge in [-0.25, -0.2) is 4.79 Å². The zero-order valence-electron chi connectivity index (χ0n) is 21.6. The van der Waals surface area contributed by atoms with Crippen molar-refractivity contribution in [3.63, 3.8) is 0 Å². The minimum Gasteiger partial charge on any atom is -0.850 e. The Morgan fingerprint density at radius 3 is 1.43 bits per heavy atom. The van der Waals surface area contributed by atoms with Crippen molar-refractivity contribution in [2.24, 2.45) is 0 Å². The molecule has 0 bridgehead atoms. The van der Waals surface area contributed by atoms with Gasteiger partial charge in [-0.2, -0.15) is 0 Å². The number of ether oxygens (including phenoxy) is 2. The van der Waals surface area contributed by atoms with Crippen molar-refractivity contribution < 1.29 is 75.6 Å². The molecule has 0 saturated carbocycles. The van der Waals surface area contributed by atoms with Crippen LogP contribution in [-0.2, 0) is 9.47 Å². The molecule has 5 nitrogen and oxygen atoms in total. The predicted molar refractivity (Wildman–Crippen MR) is 143 cm³/mol. The van der Waals surface area contributed by atoms with Gasteiger partial charge in [-0.15, -0.1) is 5.60 Å². The average molecular weight is 661 g/mol. The fourth-order valence-electron chi connectivity index (χ4n) is 2.01. The number of rotatable bonds is 2. The number of esters is 1. The molecule has 9 heteroatoms. The van der Waals surface area contributed by atoms with Crippen LogP contribution in [0.25, 0.3) is 0 Å². The van der Waals surface area contributed by atoms with Crippen LogP contribution < -0.4 is 56.5 Å². The van der Waals surface area contributed by atoms with E-state index < -0.39 is 16.4 Å². The molecule has 0 amide bonds. The summed E-state index contributed by atoms with van der Waals surface area (Å²) in [5.41, 5.74) is -0.0996. The van der Waals surface area contributed by atoms with Crippen molar-refractivity contribution in [2.75, 3.05) is 13.2 Å². The van der Waals surface area contributed by atoms with Gasteiger partial charge in [0.05, 0.1) is 5.56 Å². The first-order valence-electron chi connectivity index (χ1n) is 10.8. The standard InChI is InChI=1S/C11H13BrO2.C7H4BrClO.C4H8O.C4H9O.K/c1-11(2,3)14-10(13)8-4-6-9(12)7-5-8;8-6-3-1-5(2-4-6)7(9)10;1-2-4-5-3-1;1-4(2,3)5;/h4-7H,1-3H3;1-4H;1-4H2;1-3H3;/q;;;-1;+1. The summed E-state index contributed by atoms with van der Waals surface area (Å²) in [6.45, 7) is 12.4. The van der Waals surface area contributed by atoms with Crippen molar-refractivity contribution in [3.8, 4) is 0 Å². The third kappa shape index (κ3) is 24.5. The Labute approximate surface area is 274 Å². The topological polar surface area (TPSA) is 75.7 Å². The van der Waals surface area contributed by atoms with Gasteiger partial charge in [0.1, 0.15) is 5.60 Å². The molecule has 1 heterocycles. The van der Waals surface area contributed by atoms with Gasteiger partial charge in [0, 0.05) is 27.7 Å². The number of benzene rings is 2. The van der Waals surface area contributed by atoms with Gasteiger partial charge in [0.15, 0.2) is 0 Å². The SMILES string of the molecule is C1CCOC1.CC(C)(C)OC(=O)c1ccc(Br)cc1.CC(C)(C)[O-].O=C(Cl)c1ccc(Br)cc1.[K+]. The number of carbonyl (C=O) groups is 2. The maximum atomic E-state index is 11.5. The van der Waals surface area contributed by atoms with Crippen molar-refractivity contribution in [1.29, 1.82) is 0 Å². The molecular formula is C26H34Br2ClKO5. The second-order valence-electron chi connectivity index (χ2n) is 9.22. The summed E-state index contributed by atoms with van der Waals surface area (Å²) >= 11 is 11.7. The normalized spacial score (nSPS) is 12.3. The van der Waals surface area contributed by atoms with Gasteiger partial charge >= 0.3 is 57.4 Å². The van der Waals surface area contributed by atoms with Crippen LogP contribution >= 0.6 is 43.5 Å². The molecule has 0 radical (unpaired) electrons. The van der Waals surface area contributed by atoms with Crippen molar-refractivity contribution in [3.05, 3.63) is 68.6 Å². The molecule has 0 aliphatic carbocycles. The Bertz CT molecular complexity index is 844.